The highest BCUT2D eigenvalue weighted by molar-refractivity contribution is 7.75. The zero-order chi connectivity index (χ0) is 7.33. The van der Waals surface area contributed by atoms with E-state index in [2.05, 4.69) is 0 Å². The summed E-state index contributed by atoms with van der Waals surface area (Å²) in [5.41, 5.74) is 0. The van der Waals surface area contributed by atoms with Gasteiger partial charge in [0.2, 0.25) is 0 Å². The summed E-state index contributed by atoms with van der Waals surface area (Å²) in [6.07, 6.45) is 2.32. The van der Waals surface area contributed by atoms with Crippen LogP contribution < -0.4 is 0 Å². The molecule has 0 aromatic heterocycles. The third kappa shape index (κ3) is 2.21. The standard InChI is InChI=1S/C6H16O2P/c1-3-9(4-2,5-7)6-8/h7-8H,3-6H2,1-2H3/q+1. The van der Waals surface area contributed by atoms with Gasteiger partial charge in [0, 0.05) is 0 Å². The molecule has 0 spiro atoms. The summed E-state index contributed by atoms with van der Waals surface area (Å²) in [5, 5.41) is 17.7. The number of hydrogen-bond donors (Lipinski definition) is 2. The smallest absolute Gasteiger partial charge is 0.156 e. The monoisotopic (exact) mass is 151 g/mol. The van der Waals surface area contributed by atoms with E-state index in [9.17, 15) is 0 Å². The zero-order valence-electron chi connectivity index (χ0n) is 6.17. The molecule has 0 aliphatic carbocycles. The van der Waals surface area contributed by atoms with E-state index < -0.39 is 7.26 Å². The fraction of sp³-hybridized carbons (Fsp3) is 1.00. The van der Waals surface area contributed by atoms with Crippen LogP contribution in [0, 0.1) is 0 Å². The van der Waals surface area contributed by atoms with Crippen LogP contribution in [0.3, 0.4) is 0 Å². The summed E-state index contributed by atoms with van der Waals surface area (Å²) >= 11 is 0. The molecule has 3 heteroatoms. The van der Waals surface area contributed by atoms with E-state index in [4.69, 9.17) is 10.2 Å². The SMILES string of the molecule is CC[P+](CC)(CO)CO. The minimum Gasteiger partial charge on any atom is -0.362 e. The third-order valence-corrected chi connectivity index (χ3v) is 5.82. The Kier molecular flexibility index (Phi) is 4.37. The average molecular weight is 151 g/mol. The molecule has 0 rings (SSSR count). The van der Waals surface area contributed by atoms with Crippen molar-refractivity contribution < 1.29 is 10.2 Å². The highest BCUT2D eigenvalue weighted by Crippen LogP contribution is 2.55. The van der Waals surface area contributed by atoms with Crippen LogP contribution in [0.2, 0.25) is 0 Å². The van der Waals surface area contributed by atoms with Crippen molar-refractivity contribution >= 4 is 7.26 Å². The summed E-state index contributed by atoms with van der Waals surface area (Å²) < 4.78 is 0. The first-order valence-corrected chi connectivity index (χ1v) is 5.84. The molecule has 0 atom stereocenters. The largest absolute Gasteiger partial charge is 0.362 e. The molecule has 0 aromatic rings. The van der Waals surface area contributed by atoms with Gasteiger partial charge >= 0.3 is 0 Å². The third-order valence-electron chi connectivity index (χ3n) is 1.94. The van der Waals surface area contributed by atoms with Gasteiger partial charge in [-0.25, -0.2) is 0 Å². The Morgan fingerprint density at radius 3 is 1.33 bits per heavy atom. The number of rotatable bonds is 4. The first-order chi connectivity index (χ1) is 4.24. The van der Waals surface area contributed by atoms with Crippen molar-refractivity contribution in [3.8, 4) is 0 Å². The van der Waals surface area contributed by atoms with Crippen molar-refractivity contribution in [1.29, 1.82) is 0 Å². The van der Waals surface area contributed by atoms with Gasteiger partial charge in [0.25, 0.3) is 0 Å². The fourth-order valence-electron chi connectivity index (χ4n) is 0.668. The number of aliphatic hydroxyl groups excluding tert-OH is 2. The molecule has 0 saturated carbocycles. The molecule has 2 nitrogen and oxygen atoms in total. The van der Waals surface area contributed by atoms with E-state index in [0.717, 1.165) is 12.3 Å². The van der Waals surface area contributed by atoms with Crippen LogP contribution in [0.1, 0.15) is 13.8 Å². The molecule has 0 radical (unpaired) electrons. The normalized spacial score (nSPS) is 12.0. The van der Waals surface area contributed by atoms with E-state index in [1.807, 2.05) is 13.8 Å². The lowest BCUT2D eigenvalue weighted by molar-refractivity contribution is 0.338. The van der Waals surface area contributed by atoms with Gasteiger partial charge in [-0.05, 0) is 13.8 Å². The summed E-state index contributed by atoms with van der Waals surface area (Å²) in [6.45, 7) is 4.06. The maximum Gasteiger partial charge on any atom is 0.156 e. The van der Waals surface area contributed by atoms with Crippen molar-refractivity contribution in [2.45, 2.75) is 13.8 Å². The lowest BCUT2D eigenvalue weighted by Gasteiger charge is -2.18. The van der Waals surface area contributed by atoms with Crippen molar-refractivity contribution in [2.24, 2.45) is 0 Å². The average Bonchev–Trinajstić information content (AvgIpc) is 1.95. The highest BCUT2D eigenvalue weighted by atomic mass is 31.2. The van der Waals surface area contributed by atoms with Gasteiger partial charge in [-0.3, -0.25) is 0 Å². The minimum atomic E-state index is -1.31. The Labute approximate surface area is 57.2 Å². The van der Waals surface area contributed by atoms with Crippen molar-refractivity contribution in [3.63, 3.8) is 0 Å². The molecule has 2 N–H and O–H groups in total. The van der Waals surface area contributed by atoms with Gasteiger partial charge in [-0.15, -0.1) is 0 Å². The zero-order valence-corrected chi connectivity index (χ0v) is 7.06. The lowest BCUT2D eigenvalue weighted by Crippen LogP contribution is -2.07. The Morgan fingerprint density at radius 2 is 1.33 bits per heavy atom. The highest BCUT2D eigenvalue weighted by Gasteiger charge is 2.30. The Morgan fingerprint density at radius 1 is 1.00 bits per heavy atom. The van der Waals surface area contributed by atoms with Crippen LogP contribution in [-0.4, -0.2) is 35.2 Å². The second kappa shape index (κ2) is 4.21. The van der Waals surface area contributed by atoms with Crippen LogP contribution >= 0.6 is 7.26 Å². The molecular weight excluding hydrogens is 135 g/mol. The molecule has 0 aliphatic rings. The topological polar surface area (TPSA) is 40.5 Å². The molecule has 56 valence electrons. The van der Waals surface area contributed by atoms with Crippen LogP contribution in [0.5, 0.6) is 0 Å². The van der Waals surface area contributed by atoms with Crippen LogP contribution in [0.25, 0.3) is 0 Å². The van der Waals surface area contributed by atoms with Crippen LogP contribution in [0.4, 0.5) is 0 Å². The van der Waals surface area contributed by atoms with Crippen molar-refractivity contribution in [2.75, 3.05) is 25.0 Å². The molecular formula is C6H16O2P+. The van der Waals surface area contributed by atoms with E-state index >= 15 is 0 Å². The van der Waals surface area contributed by atoms with Gasteiger partial charge in [0.1, 0.15) is 0 Å². The van der Waals surface area contributed by atoms with Crippen molar-refractivity contribution in [1.82, 2.24) is 0 Å². The predicted octanol–water partition coefficient (Wildman–Crippen LogP) is 0.943. The lowest BCUT2D eigenvalue weighted by atomic mass is 11.0. The Bertz CT molecular complexity index is 53.9. The molecule has 0 fully saturated rings. The van der Waals surface area contributed by atoms with Crippen LogP contribution in [-0.2, 0) is 0 Å². The van der Waals surface area contributed by atoms with Crippen molar-refractivity contribution in [3.05, 3.63) is 0 Å². The quantitative estimate of drug-likeness (QED) is 0.587. The molecule has 0 heterocycles. The first kappa shape index (κ1) is 9.35. The molecule has 0 aliphatic heterocycles. The summed E-state index contributed by atoms with van der Waals surface area (Å²) in [4.78, 5) is 0. The second-order valence-corrected chi connectivity index (χ2v) is 6.77. The van der Waals surface area contributed by atoms with E-state index in [-0.39, 0.29) is 12.7 Å². The van der Waals surface area contributed by atoms with Gasteiger partial charge in [-0.2, -0.15) is 0 Å². The van der Waals surface area contributed by atoms with E-state index in [0.29, 0.717) is 0 Å². The van der Waals surface area contributed by atoms with Gasteiger partial charge in [0.15, 0.2) is 12.7 Å². The Balaban J connectivity index is 3.82. The minimum absolute atomic E-state index is 0.205. The molecule has 0 aromatic carbocycles. The maximum atomic E-state index is 8.87. The number of hydrogen-bond acceptors (Lipinski definition) is 2. The molecule has 0 amide bonds. The molecule has 9 heavy (non-hydrogen) atoms. The summed E-state index contributed by atoms with van der Waals surface area (Å²) in [7, 11) is -1.31. The van der Waals surface area contributed by atoms with E-state index in [1.54, 1.807) is 0 Å². The van der Waals surface area contributed by atoms with Gasteiger partial charge < -0.3 is 10.2 Å². The fourth-order valence-corrected chi connectivity index (χ4v) is 2.00. The molecule has 0 bridgehead atoms. The van der Waals surface area contributed by atoms with Crippen LogP contribution in [0.15, 0.2) is 0 Å². The molecule has 0 unspecified atom stereocenters. The first-order valence-electron chi connectivity index (χ1n) is 3.31. The molecule has 0 saturated heterocycles. The summed E-state index contributed by atoms with van der Waals surface area (Å²) in [6, 6.07) is 0. The van der Waals surface area contributed by atoms with Gasteiger partial charge in [0.05, 0.1) is 19.6 Å². The number of aliphatic hydroxyl groups is 2. The van der Waals surface area contributed by atoms with E-state index in [1.165, 1.54) is 0 Å². The second-order valence-electron chi connectivity index (χ2n) is 2.26. The maximum absolute atomic E-state index is 8.87. The Hall–Kier alpha value is 0.350. The van der Waals surface area contributed by atoms with Gasteiger partial charge in [-0.1, -0.05) is 0 Å². The predicted molar refractivity (Wildman–Crippen MR) is 42.2 cm³/mol. The summed E-state index contributed by atoms with van der Waals surface area (Å²) in [5.74, 6) is 0.